The van der Waals surface area contributed by atoms with Crippen molar-refractivity contribution in [3.05, 3.63) is 5.69 Å². The predicted octanol–water partition coefficient (Wildman–Crippen LogP) is 1.30. The van der Waals surface area contributed by atoms with E-state index in [0.29, 0.717) is 5.92 Å². The summed E-state index contributed by atoms with van der Waals surface area (Å²) in [4.78, 5) is 13.8. The number of rotatable bonds is 2. The second-order valence-corrected chi connectivity index (χ2v) is 4.84. The third-order valence-corrected chi connectivity index (χ3v) is 3.49. The molecule has 1 saturated carbocycles. The van der Waals surface area contributed by atoms with E-state index in [4.69, 9.17) is 5.73 Å². The number of aromatic nitrogens is 2. The van der Waals surface area contributed by atoms with Crippen molar-refractivity contribution in [3.8, 4) is 0 Å². The summed E-state index contributed by atoms with van der Waals surface area (Å²) in [6.45, 7) is 2.22. The van der Waals surface area contributed by atoms with E-state index in [9.17, 15) is 4.79 Å². The van der Waals surface area contributed by atoms with Crippen LogP contribution in [0.5, 0.6) is 0 Å². The van der Waals surface area contributed by atoms with Crippen molar-refractivity contribution >= 4 is 11.7 Å². The Bertz CT molecular complexity index is 404. The molecule has 0 aliphatic heterocycles. The first-order valence-corrected chi connectivity index (χ1v) is 5.94. The standard InChI is InChI=1S/C11H18N4O2/c1-7-4-3-5-8(6-7)15(2)11(16)9-10(12)14-17-13-9/h7-8H,3-6H2,1-2H3,(H2,12,14). The molecule has 0 spiro atoms. The van der Waals surface area contributed by atoms with E-state index in [1.54, 1.807) is 11.9 Å². The minimum absolute atomic E-state index is 0.0608. The van der Waals surface area contributed by atoms with Crippen LogP contribution in [0.3, 0.4) is 0 Å². The van der Waals surface area contributed by atoms with Crippen LogP contribution in [-0.2, 0) is 0 Å². The molecule has 6 nitrogen and oxygen atoms in total. The lowest BCUT2D eigenvalue weighted by Crippen LogP contribution is -2.40. The Balaban J connectivity index is 2.07. The number of anilines is 1. The molecule has 2 atom stereocenters. The van der Waals surface area contributed by atoms with Crippen molar-refractivity contribution in [1.82, 2.24) is 15.2 Å². The maximum absolute atomic E-state index is 12.1. The quantitative estimate of drug-likeness (QED) is 0.839. The molecule has 1 aliphatic carbocycles. The smallest absolute Gasteiger partial charge is 0.280 e. The summed E-state index contributed by atoms with van der Waals surface area (Å²) in [7, 11) is 1.79. The molecule has 1 fully saturated rings. The Hall–Kier alpha value is -1.59. The average molecular weight is 238 g/mol. The number of hydrogen-bond acceptors (Lipinski definition) is 5. The summed E-state index contributed by atoms with van der Waals surface area (Å²) in [6.07, 6.45) is 4.48. The highest BCUT2D eigenvalue weighted by Crippen LogP contribution is 2.27. The van der Waals surface area contributed by atoms with Gasteiger partial charge in [0.05, 0.1) is 0 Å². The first-order valence-electron chi connectivity index (χ1n) is 5.94. The topological polar surface area (TPSA) is 85.2 Å². The van der Waals surface area contributed by atoms with Crippen molar-refractivity contribution in [2.45, 2.75) is 38.6 Å². The molecule has 1 aromatic rings. The highest BCUT2D eigenvalue weighted by Gasteiger charge is 2.28. The lowest BCUT2D eigenvalue weighted by atomic mass is 9.86. The molecule has 2 unspecified atom stereocenters. The van der Waals surface area contributed by atoms with E-state index in [1.165, 1.54) is 6.42 Å². The van der Waals surface area contributed by atoms with Crippen molar-refractivity contribution in [2.24, 2.45) is 5.92 Å². The highest BCUT2D eigenvalue weighted by molar-refractivity contribution is 5.96. The molecule has 0 radical (unpaired) electrons. The van der Waals surface area contributed by atoms with Gasteiger partial charge in [0.2, 0.25) is 11.5 Å². The maximum atomic E-state index is 12.1. The van der Waals surface area contributed by atoms with E-state index < -0.39 is 0 Å². The van der Waals surface area contributed by atoms with Crippen LogP contribution < -0.4 is 5.73 Å². The lowest BCUT2D eigenvalue weighted by molar-refractivity contribution is 0.0662. The largest absolute Gasteiger partial charge is 0.379 e. The van der Waals surface area contributed by atoms with Gasteiger partial charge in [0, 0.05) is 13.1 Å². The summed E-state index contributed by atoms with van der Waals surface area (Å²) >= 11 is 0. The third-order valence-electron chi connectivity index (χ3n) is 3.49. The van der Waals surface area contributed by atoms with Gasteiger partial charge in [-0.2, -0.15) is 0 Å². The predicted molar refractivity (Wildman–Crippen MR) is 62.2 cm³/mol. The van der Waals surface area contributed by atoms with Gasteiger partial charge in [-0.3, -0.25) is 4.79 Å². The van der Waals surface area contributed by atoms with Crippen molar-refractivity contribution in [3.63, 3.8) is 0 Å². The van der Waals surface area contributed by atoms with Crippen LogP contribution in [0.1, 0.15) is 43.1 Å². The van der Waals surface area contributed by atoms with Crippen LogP contribution >= 0.6 is 0 Å². The second-order valence-electron chi connectivity index (χ2n) is 4.84. The maximum Gasteiger partial charge on any atom is 0.280 e. The molecule has 1 aliphatic rings. The van der Waals surface area contributed by atoms with Crippen molar-refractivity contribution < 1.29 is 9.42 Å². The van der Waals surface area contributed by atoms with E-state index in [0.717, 1.165) is 19.3 Å². The van der Waals surface area contributed by atoms with Gasteiger partial charge >= 0.3 is 0 Å². The zero-order valence-corrected chi connectivity index (χ0v) is 10.2. The number of amides is 1. The first-order chi connectivity index (χ1) is 8.09. The van der Waals surface area contributed by atoms with Gasteiger partial charge in [0.15, 0.2) is 0 Å². The molecule has 2 rings (SSSR count). The van der Waals surface area contributed by atoms with E-state index in [-0.39, 0.29) is 23.5 Å². The monoisotopic (exact) mass is 238 g/mol. The summed E-state index contributed by atoms with van der Waals surface area (Å²) in [5.74, 6) is 0.519. The number of hydrogen-bond donors (Lipinski definition) is 1. The lowest BCUT2D eigenvalue weighted by Gasteiger charge is -2.33. The molecule has 0 saturated heterocycles. The van der Waals surface area contributed by atoms with E-state index in [1.807, 2.05) is 0 Å². The molecule has 1 heterocycles. The summed E-state index contributed by atoms with van der Waals surface area (Å²) in [5.41, 5.74) is 5.64. The minimum Gasteiger partial charge on any atom is -0.379 e. The molecule has 1 amide bonds. The van der Waals surface area contributed by atoms with Crippen LogP contribution in [0.15, 0.2) is 4.63 Å². The second kappa shape index (κ2) is 4.73. The Kier molecular flexibility index (Phi) is 3.31. The number of nitrogens with zero attached hydrogens (tertiary/aromatic N) is 3. The fourth-order valence-electron chi connectivity index (χ4n) is 2.43. The van der Waals surface area contributed by atoms with E-state index >= 15 is 0 Å². The molecular weight excluding hydrogens is 220 g/mol. The molecule has 17 heavy (non-hydrogen) atoms. The summed E-state index contributed by atoms with van der Waals surface area (Å²) in [6, 6.07) is 0.266. The SMILES string of the molecule is CC1CCCC(N(C)C(=O)c2nonc2N)C1. The fraction of sp³-hybridized carbons (Fsp3) is 0.727. The van der Waals surface area contributed by atoms with Gasteiger partial charge in [0.1, 0.15) is 0 Å². The van der Waals surface area contributed by atoms with Gasteiger partial charge in [-0.1, -0.05) is 19.8 Å². The van der Waals surface area contributed by atoms with Gasteiger partial charge in [0.25, 0.3) is 5.91 Å². The van der Waals surface area contributed by atoms with Crippen LogP contribution in [0.2, 0.25) is 0 Å². The zero-order valence-electron chi connectivity index (χ0n) is 10.2. The molecule has 6 heteroatoms. The minimum atomic E-state index is -0.206. The molecule has 2 N–H and O–H groups in total. The van der Waals surface area contributed by atoms with E-state index in [2.05, 4.69) is 21.9 Å². The fourth-order valence-corrected chi connectivity index (χ4v) is 2.43. The first kappa shape index (κ1) is 11.9. The molecule has 0 aromatic carbocycles. The van der Waals surface area contributed by atoms with Crippen LogP contribution in [0, 0.1) is 5.92 Å². The van der Waals surface area contributed by atoms with Crippen molar-refractivity contribution in [2.75, 3.05) is 12.8 Å². The zero-order chi connectivity index (χ0) is 12.4. The number of nitrogen functional groups attached to an aromatic ring is 1. The number of nitrogens with two attached hydrogens (primary N) is 1. The van der Waals surface area contributed by atoms with Crippen molar-refractivity contribution in [1.29, 1.82) is 0 Å². The Morgan fingerprint density at radius 3 is 2.82 bits per heavy atom. The average Bonchev–Trinajstić information content (AvgIpc) is 2.73. The van der Waals surface area contributed by atoms with Gasteiger partial charge in [-0.05, 0) is 29.1 Å². The molecule has 0 bridgehead atoms. The molecule has 1 aromatic heterocycles. The highest BCUT2D eigenvalue weighted by atomic mass is 16.6. The summed E-state index contributed by atoms with van der Waals surface area (Å²) < 4.78 is 4.45. The number of carbonyl (C=O) groups excluding carboxylic acids is 1. The summed E-state index contributed by atoms with van der Waals surface area (Å²) in [5, 5.41) is 6.97. The Labute approximate surface area is 100 Å². The van der Waals surface area contributed by atoms with Gasteiger partial charge in [-0.25, -0.2) is 4.63 Å². The molecular formula is C11H18N4O2. The molecule has 94 valence electrons. The van der Waals surface area contributed by atoms with Crippen LogP contribution in [0.4, 0.5) is 5.82 Å². The van der Waals surface area contributed by atoms with Crippen LogP contribution in [0.25, 0.3) is 0 Å². The normalized spacial score (nSPS) is 24.6. The van der Waals surface area contributed by atoms with Crippen LogP contribution in [-0.4, -0.2) is 34.2 Å². The van der Waals surface area contributed by atoms with Gasteiger partial charge in [-0.15, -0.1) is 0 Å². The Morgan fingerprint density at radius 2 is 2.24 bits per heavy atom. The van der Waals surface area contributed by atoms with Gasteiger partial charge < -0.3 is 10.6 Å². The Morgan fingerprint density at radius 1 is 1.47 bits per heavy atom. The third kappa shape index (κ3) is 2.40. The number of carbonyl (C=O) groups is 1.